The highest BCUT2D eigenvalue weighted by molar-refractivity contribution is 8.39. The smallest absolute Gasteiger partial charge is 0.161 e. The molecular weight excluding hydrogens is 428 g/mol. The normalized spacial score (nSPS) is 19.4. The number of aryl methyl sites for hydroxylation is 2. The van der Waals surface area contributed by atoms with Crippen molar-refractivity contribution in [3.63, 3.8) is 0 Å². The first-order valence-corrected chi connectivity index (χ1v) is 13.0. The van der Waals surface area contributed by atoms with E-state index in [1.165, 1.54) is 25.8 Å². The molecule has 0 saturated heterocycles. The van der Waals surface area contributed by atoms with Crippen LogP contribution in [0.25, 0.3) is 0 Å². The van der Waals surface area contributed by atoms with Gasteiger partial charge in [0.05, 0.1) is 20.8 Å². The number of aliphatic hydroxyl groups excluding tert-OH is 1. The molecule has 0 bridgehead atoms. The summed E-state index contributed by atoms with van der Waals surface area (Å²) >= 11 is 0. The van der Waals surface area contributed by atoms with Crippen molar-refractivity contribution in [3.05, 3.63) is 106 Å². The molecule has 3 aromatic rings. The summed E-state index contributed by atoms with van der Waals surface area (Å²) in [5.74, 6) is 1.45. The van der Waals surface area contributed by atoms with Gasteiger partial charge >= 0.3 is 0 Å². The number of benzene rings is 3. The molecule has 0 aliphatic carbocycles. The number of aliphatic hydroxyl groups is 1. The van der Waals surface area contributed by atoms with Crippen LogP contribution in [0.5, 0.6) is 11.5 Å². The van der Waals surface area contributed by atoms with Crippen LogP contribution < -0.4 is 9.47 Å². The second-order valence-corrected chi connectivity index (χ2v) is 11.3. The van der Waals surface area contributed by atoms with Crippen molar-refractivity contribution in [2.24, 2.45) is 0 Å². The Morgan fingerprint density at radius 2 is 1.48 bits per heavy atom. The average Bonchev–Trinajstić information content (AvgIpc) is 3.24. The molecule has 0 amide bonds. The minimum atomic E-state index is -1.65. The van der Waals surface area contributed by atoms with Gasteiger partial charge in [-0.3, -0.25) is 0 Å². The summed E-state index contributed by atoms with van der Waals surface area (Å²) in [5.41, 5.74) is 3.62. The zero-order valence-electron chi connectivity index (χ0n) is 19.6. The van der Waals surface area contributed by atoms with E-state index >= 15 is 0 Å². The zero-order chi connectivity index (χ0) is 23.3. The van der Waals surface area contributed by atoms with E-state index in [1.807, 2.05) is 6.07 Å². The van der Waals surface area contributed by atoms with Crippen LogP contribution in [0.15, 0.2) is 105 Å². The lowest BCUT2D eigenvalue weighted by molar-refractivity contribution is 0.334. The maximum Gasteiger partial charge on any atom is 0.161 e. The Labute approximate surface area is 198 Å². The molecule has 0 radical (unpaired) electrons. The molecule has 3 nitrogen and oxygen atoms in total. The number of rotatable bonds is 9. The van der Waals surface area contributed by atoms with Crippen molar-refractivity contribution in [2.75, 3.05) is 20.8 Å². The standard InChI is InChI=1S/C29H32O3S/c1-22-12-14-25(15-13-22)33(26-16-17-27(31-2)28(20-26)32-3)19-18-24(21-30)29(33)11-7-10-23-8-5-4-6-9-23/h4-6,8-9,12-20,30H,7,10-11,21H2,1-3H3. The zero-order valence-corrected chi connectivity index (χ0v) is 20.4. The Morgan fingerprint density at radius 1 is 0.788 bits per heavy atom. The monoisotopic (exact) mass is 460 g/mol. The lowest BCUT2D eigenvalue weighted by Gasteiger charge is -2.39. The predicted molar refractivity (Wildman–Crippen MR) is 137 cm³/mol. The molecule has 1 N–H and O–H groups in total. The topological polar surface area (TPSA) is 38.7 Å². The molecule has 1 unspecified atom stereocenters. The second-order valence-electron chi connectivity index (χ2n) is 8.24. The van der Waals surface area contributed by atoms with Crippen LogP contribution in [0.1, 0.15) is 24.0 Å². The maximum absolute atomic E-state index is 10.3. The fourth-order valence-electron chi connectivity index (χ4n) is 4.47. The Hall–Kier alpha value is -2.95. The lowest BCUT2D eigenvalue weighted by Crippen LogP contribution is -2.05. The minimum Gasteiger partial charge on any atom is -0.493 e. The third kappa shape index (κ3) is 4.59. The van der Waals surface area contributed by atoms with Gasteiger partial charge in [-0.15, -0.1) is 10.0 Å². The highest BCUT2D eigenvalue weighted by Gasteiger charge is 2.36. The van der Waals surface area contributed by atoms with Crippen molar-refractivity contribution >= 4 is 10.0 Å². The van der Waals surface area contributed by atoms with E-state index in [0.29, 0.717) is 0 Å². The summed E-state index contributed by atoms with van der Waals surface area (Å²) in [5, 5.41) is 12.6. The summed E-state index contributed by atoms with van der Waals surface area (Å²) in [6, 6.07) is 25.7. The molecule has 3 aromatic carbocycles. The summed E-state index contributed by atoms with van der Waals surface area (Å²) in [6.45, 7) is 2.16. The van der Waals surface area contributed by atoms with Gasteiger partial charge in [-0.05, 0) is 78.0 Å². The van der Waals surface area contributed by atoms with Crippen LogP contribution in [0, 0.1) is 6.92 Å². The SMILES string of the molecule is COc1ccc(S2(c3ccc(C)cc3)C=CC(CO)=C2CCCc2ccccc2)cc1OC. The molecule has 1 atom stereocenters. The van der Waals surface area contributed by atoms with Gasteiger partial charge in [0.2, 0.25) is 0 Å². The fraction of sp³-hybridized carbons (Fsp3) is 0.241. The molecule has 0 saturated carbocycles. The molecule has 0 aromatic heterocycles. The van der Waals surface area contributed by atoms with Gasteiger partial charge in [0, 0.05) is 9.79 Å². The summed E-state index contributed by atoms with van der Waals surface area (Å²) < 4.78 is 11.2. The first-order valence-electron chi connectivity index (χ1n) is 11.3. The van der Waals surface area contributed by atoms with Crippen molar-refractivity contribution in [1.29, 1.82) is 0 Å². The molecule has 4 heteroatoms. The van der Waals surface area contributed by atoms with Crippen LogP contribution in [0.4, 0.5) is 0 Å². The van der Waals surface area contributed by atoms with E-state index in [9.17, 15) is 5.11 Å². The highest BCUT2D eigenvalue weighted by Crippen LogP contribution is 2.73. The van der Waals surface area contributed by atoms with Crippen LogP contribution in [0.2, 0.25) is 0 Å². The van der Waals surface area contributed by atoms with Crippen LogP contribution in [-0.4, -0.2) is 25.9 Å². The van der Waals surface area contributed by atoms with Crippen LogP contribution >= 0.6 is 10.0 Å². The van der Waals surface area contributed by atoms with Crippen molar-refractivity contribution in [1.82, 2.24) is 0 Å². The van der Waals surface area contributed by atoms with E-state index in [4.69, 9.17) is 9.47 Å². The highest BCUT2D eigenvalue weighted by atomic mass is 32.3. The fourth-order valence-corrected chi connectivity index (χ4v) is 8.32. The molecule has 1 aliphatic heterocycles. The Morgan fingerprint density at radius 3 is 2.15 bits per heavy atom. The summed E-state index contributed by atoms with van der Waals surface area (Å²) in [4.78, 5) is 3.80. The molecule has 1 aliphatic rings. The Balaban J connectivity index is 1.80. The third-order valence-corrected chi connectivity index (χ3v) is 10.0. The van der Waals surface area contributed by atoms with Gasteiger partial charge in [0.25, 0.3) is 0 Å². The van der Waals surface area contributed by atoms with Gasteiger partial charge in [-0.1, -0.05) is 54.1 Å². The van der Waals surface area contributed by atoms with Gasteiger partial charge in [0.1, 0.15) is 0 Å². The van der Waals surface area contributed by atoms with Gasteiger partial charge < -0.3 is 14.6 Å². The number of hydrogen-bond donors (Lipinski definition) is 1. The van der Waals surface area contributed by atoms with Gasteiger partial charge in [0.15, 0.2) is 11.5 Å². The second kappa shape index (κ2) is 10.3. The maximum atomic E-state index is 10.3. The van der Waals surface area contributed by atoms with Crippen molar-refractivity contribution in [2.45, 2.75) is 36.0 Å². The molecule has 33 heavy (non-hydrogen) atoms. The number of allylic oxidation sites excluding steroid dienone is 1. The molecule has 4 rings (SSSR count). The molecule has 0 fully saturated rings. The molecular formula is C29H32O3S. The third-order valence-electron chi connectivity index (χ3n) is 6.22. The predicted octanol–water partition coefficient (Wildman–Crippen LogP) is 7.03. The molecule has 1 heterocycles. The van der Waals surface area contributed by atoms with E-state index < -0.39 is 10.0 Å². The Bertz CT molecular complexity index is 1150. The van der Waals surface area contributed by atoms with E-state index in [0.717, 1.165) is 36.3 Å². The van der Waals surface area contributed by atoms with E-state index in [-0.39, 0.29) is 6.61 Å². The summed E-state index contributed by atoms with van der Waals surface area (Å²) in [6.07, 6.45) is 5.09. The van der Waals surface area contributed by atoms with Crippen LogP contribution in [0.3, 0.4) is 0 Å². The number of methoxy groups -OCH3 is 2. The van der Waals surface area contributed by atoms with Crippen LogP contribution in [-0.2, 0) is 6.42 Å². The van der Waals surface area contributed by atoms with Gasteiger partial charge in [-0.25, -0.2) is 0 Å². The first-order chi connectivity index (χ1) is 16.1. The molecule has 172 valence electrons. The Kier molecular flexibility index (Phi) is 7.26. The number of hydrogen-bond acceptors (Lipinski definition) is 3. The van der Waals surface area contributed by atoms with Crippen molar-refractivity contribution in [3.8, 4) is 11.5 Å². The van der Waals surface area contributed by atoms with E-state index in [2.05, 4.69) is 85.1 Å². The minimum absolute atomic E-state index is 0.0467. The average molecular weight is 461 g/mol. The largest absolute Gasteiger partial charge is 0.493 e. The first kappa shape index (κ1) is 23.2. The lowest BCUT2D eigenvalue weighted by atomic mass is 10.1. The van der Waals surface area contributed by atoms with Crippen molar-refractivity contribution < 1.29 is 14.6 Å². The molecule has 0 spiro atoms. The summed E-state index contributed by atoms with van der Waals surface area (Å²) in [7, 11) is 1.69. The number of ether oxygens (including phenoxy) is 2. The van der Waals surface area contributed by atoms with Gasteiger partial charge in [-0.2, -0.15) is 0 Å². The van der Waals surface area contributed by atoms with E-state index in [1.54, 1.807) is 14.2 Å². The quantitative estimate of drug-likeness (QED) is 0.372.